The van der Waals surface area contributed by atoms with Crippen molar-refractivity contribution in [2.75, 3.05) is 0 Å². The molecule has 0 heterocycles. The van der Waals surface area contributed by atoms with Crippen molar-refractivity contribution < 1.29 is 0 Å². The highest BCUT2D eigenvalue weighted by atomic mass is 127. The number of halogens is 1. The first kappa shape index (κ1) is 12.8. The van der Waals surface area contributed by atoms with Crippen molar-refractivity contribution in [3.63, 3.8) is 0 Å². The molecule has 1 rings (SSSR count). The van der Waals surface area contributed by atoms with Gasteiger partial charge in [0.2, 0.25) is 0 Å². The lowest BCUT2D eigenvalue weighted by molar-refractivity contribution is 0.459. The van der Waals surface area contributed by atoms with E-state index in [1.54, 1.807) is 0 Å². The summed E-state index contributed by atoms with van der Waals surface area (Å²) in [5, 5.41) is 0. The van der Waals surface area contributed by atoms with Gasteiger partial charge in [-0.25, -0.2) is 0 Å². The van der Waals surface area contributed by atoms with Crippen LogP contribution in [0.3, 0.4) is 0 Å². The molecule has 0 amide bonds. The van der Waals surface area contributed by atoms with Crippen LogP contribution in [-0.4, -0.2) is 9.97 Å². The lowest BCUT2D eigenvalue weighted by Crippen LogP contribution is -2.20. The molecule has 0 spiro atoms. The molecule has 0 saturated heterocycles. The zero-order valence-electron chi connectivity index (χ0n) is 9.34. The maximum atomic E-state index is 6.07. The summed E-state index contributed by atoms with van der Waals surface area (Å²) in [6, 6.07) is 0.473. The van der Waals surface area contributed by atoms with Gasteiger partial charge in [-0.05, 0) is 31.6 Å². The van der Waals surface area contributed by atoms with Crippen LogP contribution in [0.15, 0.2) is 0 Å². The second kappa shape index (κ2) is 7.04. The molecule has 84 valence electrons. The molecule has 14 heavy (non-hydrogen) atoms. The molecule has 0 aromatic carbocycles. The zero-order chi connectivity index (χ0) is 10.4. The van der Waals surface area contributed by atoms with Crippen LogP contribution in [0.1, 0.15) is 58.3 Å². The fourth-order valence-corrected chi connectivity index (χ4v) is 3.52. The Balaban J connectivity index is 2.34. The van der Waals surface area contributed by atoms with Crippen molar-refractivity contribution >= 4 is 22.6 Å². The summed E-state index contributed by atoms with van der Waals surface area (Å²) in [6.07, 6.45) is 10.8. The number of hydrogen-bond donors (Lipinski definition) is 1. The van der Waals surface area contributed by atoms with Gasteiger partial charge in [0.25, 0.3) is 0 Å². The van der Waals surface area contributed by atoms with Gasteiger partial charge < -0.3 is 5.73 Å². The van der Waals surface area contributed by atoms with Crippen molar-refractivity contribution in [2.24, 2.45) is 11.7 Å². The minimum atomic E-state index is 0.473. The standard InChI is InChI=1S/C12H24IN/c1-10-5-3-2-4-6-12(14)8-7-11(13)9-10/h10-12H,2-9,14H2,1H3. The van der Waals surface area contributed by atoms with E-state index in [1.165, 1.54) is 51.4 Å². The molecule has 3 unspecified atom stereocenters. The summed E-state index contributed by atoms with van der Waals surface area (Å²) in [6.45, 7) is 2.41. The SMILES string of the molecule is CC1CCCCCC(N)CCC(I)C1. The van der Waals surface area contributed by atoms with E-state index >= 15 is 0 Å². The van der Waals surface area contributed by atoms with E-state index < -0.39 is 0 Å². The highest BCUT2D eigenvalue weighted by molar-refractivity contribution is 14.1. The molecular formula is C12H24IN. The van der Waals surface area contributed by atoms with E-state index in [9.17, 15) is 0 Å². The number of nitrogens with two attached hydrogens (primary N) is 1. The van der Waals surface area contributed by atoms with E-state index in [1.807, 2.05) is 0 Å². The Morgan fingerprint density at radius 1 is 1.00 bits per heavy atom. The van der Waals surface area contributed by atoms with E-state index in [4.69, 9.17) is 5.73 Å². The molecule has 0 aromatic rings. The van der Waals surface area contributed by atoms with Gasteiger partial charge in [0, 0.05) is 9.97 Å². The Labute approximate surface area is 102 Å². The topological polar surface area (TPSA) is 26.0 Å². The van der Waals surface area contributed by atoms with Gasteiger partial charge in [-0.3, -0.25) is 0 Å². The van der Waals surface area contributed by atoms with Crippen LogP contribution in [0.4, 0.5) is 0 Å². The third-order valence-corrected chi connectivity index (χ3v) is 4.41. The fourth-order valence-electron chi connectivity index (χ4n) is 2.29. The lowest BCUT2D eigenvalue weighted by Gasteiger charge is -2.16. The van der Waals surface area contributed by atoms with Crippen molar-refractivity contribution in [1.29, 1.82) is 0 Å². The summed E-state index contributed by atoms with van der Waals surface area (Å²) < 4.78 is 0.853. The van der Waals surface area contributed by atoms with Crippen molar-refractivity contribution in [3.05, 3.63) is 0 Å². The highest BCUT2D eigenvalue weighted by Crippen LogP contribution is 2.25. The van der Waals surface area contributed by atoms with Crippen LogP contribution in [0.25, 0.3) is 0 Å². The van der Waals surface area contributed by atoms with E-state index in [-0.39, 0.29) is 0 Å². The molecule has 0 bridgehead atoms. The molecule has 3 atom stereocenters. The minimum Gasteiger partial charge on any atom is -0.328 e. The van der Waals surface area contributed by atoms with E-state index in [0.717, 1.165) is 9.84 Å². The van der Waals surface area contributed by atoms with Crippen LogP contribution in [0, 0.1) is 5.92 Å². The number of hydrogen-bond acceptors (Lipinski definition) is 1. The molecule has 0 aromatic heterocycles. The second-order valence-electron chi connectivity index (χ2n) is 4.91. The van der Waals surface area contributed by atoms with Gasteiger partial charge in [0.1, 0.15) is 0 Å². The predicted octanol–water partition coefficient (Wildman–Crippen LogP) is 3.89. The maximum Gasteiger partial charge on any atom is 0.0113 e. The first-order chi connectivity index (χ1) is 6.68. The Bertz CT molecular complexity index is 149. The summed E-state index contributed by atoms with van der Waals surface area (Å²) in [5.41, 5.74) is 6.07. The number of alkyl halides is 1. The van der Waals surface area contributed by atoms with E-state index in [2.05, 4.69) is 29.5 Å². The Morgan fingerprint density at radius 3 is 2.50 bits per heavy atom. The lowest BCUT2D eigenvalue weighted by atomic mass is 9.97. The van der Waals surface area contributed by atoms with Gasteiger partial charge in [-0.15, -0.1) is 0 Å². The monoisotopic (exact) mass is 309 g/mol. The molecule has 0 radical (unpaired) electrons. The van der Waals surface area contributed by atoms with Crippen LogP contribution in [-0.2, 0) is 0 Å². The first-order valence-corrected chi connectivity index (χ1v) is 7.32. The third-order valence-electron chi connectivity index (χ3n) is 3.28. The summed E-state index contributed by atoms with van der Waals surface area (Å²) >= 11 is 2.61. The second-order valence-corrected chi connectivity index (χ2v) is 6.68. The normalized spacial score (nSPS) is 37.5. The van der Waals surface area contributed by atoms with Crippen molar-refractivity contribution in [1.82, 2.24) is 0 Å². The van der Waals surface area contributed by atoms with Gasteiger partial charge in [-0.1, -0.05) is 55.2 Å². The Morgan fingerprint density at radius 2 is 1.71 bits per heavy atom. The predicted molar refractivity (Wildman–Crippen MR) is 71.9 cm³/mol. The van der Waals surface area contributed by atoms with Gasteiger partial charge in [0.05, 0.1) is 0 Å². The quantitative estimate of drug-likeness (QED) is 0.533. The van der Waals surface area contributed by atoms with E-state index in [0.29, 0.717) is 6.04 Å². The smallest absolute Gasteiger partial charge is 0.0113 e. The molecule has 2 N–H and O–H groups in total. The maximum absolute atomic E-state index is 6.07. The van der Waals surface area contributed by atoms with Crippen LogP contribution in [0.5, 0.6) is 0 Å². The van der Waals surface area contributed by atoms with Crippen molar-refractivity contribution in [3.8, 4) is 0 Å². The van der Waals surface area contributed by atoms with Crippen LogP contribution < -0.4 is 5.73 Å². The largest absolute Gasteiger partial charge is 0.328 e. The van der Waals surface area contributed by atoms with Gasteiger partial charge >= 0.3 is 0 Å². The molecule has 1 nitrogen and oxygen atoms in total. The average Bonchev–Trinajstić information content (AvgIpc) is 2.15. The number of rotatable bonds is 0. The molecule has 2 heteroatoms. The molecule has 1 saturated carbocycles. The van der Waals surface area contributed by atoms with Crippen molar-refractivity contribution in [2.45, 2.75) is 68.3 Å². The van der Waals surface area contributed by atoms with Crippen LogP contribution in [0.2, 0.25) is 0 Å². The molecule has 1 fully saturated rings. The van der Waals surface area contributed by atoms with Crippen LogP contribution >= 0.6 is 22.6 Å². The summed E-state index contributed by atoms with van der Waals surface area (Å²) in [7, 11) is 0. The molecular weight excluding hydrogens is 285 g/mol. The third kappa shape index (κ3) is 5.54. The highest BCUT2D eigenvalue weighted by Gasteiger charge is 2.13. The fraction of sp³-hybridized carbons (Fsp3) is 1.00. The molecule has 1 aliphatic rings. The first-order valence-electron chi connectivity index (χ1n) is 6.08. The molecule has 0 aliphatic heterocycles. The summed E-state index contributed by atoms with van der Waals surface area (Å²) in [5.74, 6) is 0.922. The Kier molecular flexibility index (Phi) is 6.42. The Hall–Kier alpha value is 0.690. The average molecular weight is 309 g/mol. The zero-order valence-corrected chi connectivity index (χ0v) is 11.5. The van der Waals surface area contributed by atoms with Gasteiger partial charge in [-0.2, -0.15) is 0 Å². The molecule has 1 aliphatic carbocycles. The van der Waals surface area contributed by atoms with Gasteiger partial charge in [0.15, 0.2) is 0 Å². The summed E-state index contributed by atoms with van der Waals surface area (Å²) in [4.78, 5) is 0. The minimum absolute atomic E-state index is 0.473.